The van der Waals surface area contributed by atoms with Crippen LogP contribution in [0.15, 0.2) is 12.1 Å². The highest BCUT2D eigenvalue weighted by Crippen LogP contribution is 2.23. The summed E-state index contributed by atoms with van der Waals surface area (Å²) in [5, 5.41) is 13.0. The van der Waals surface area contributed by atoms with E-state index in [-0.39, 0.29) is 5.75 Å². The predicted octanol–water partition coefficient (Wildman–Crippen LogP) is 1.36. The molecule has 1 aliphatic rings. The molecule has 88 valence electrons. The van der Waals surface area contributed by atoms with Gasteiger partial charge in [-0.05, 0) is 31.9 Å². The van der Waals surface area contributed by atoms with Gasteiger partial charge in [0.15, 0.2) is 0 Å². The molecule has 0 unspecified atom stereocenters. The number of nitrogens with one attached hydrogen (secondary N) is 1. The lowest BCUT2D eigenvalue weighted by Gasteiger charge is -2.34. The van der Waals surface area contributed by atoms with Crippen molar-refractivity contribution >= 4 is 0 Å². The fraction of sp³-hybridized carbons (Fsp3) is 0.583. The normalized spacial score (nSPS) is 24.1. The number of aromatic nitrogens is 1. The molecule has 0 bridgehead atoms. The first kappa shape index (κ1) is 11.4. The van der Waals surface area contributed by atoms with Gasteiger partial charge >= 0.3 is 0 Å². The van der Waals surface area contributed by atoms with Crippen molar-refractivity contribution < 1.29 is 9.84 Å². The molecule has 0 atom stereocenters. The minimum absolute atomic E-state index is 0.265. The number of aromatic hydroxyl groups is 1. The van der Waals surface area contributed by atoms with Gasteiger partial charge in [0, 0.05) is 25.4 Å². The first-order valence-electron chi connectivity index (χ1n) is 5.60. The van der Waals surface area contributed by atoms with Gasteiger partial charge in [-0.25, -0.2) is 0 Å². The molecule has 0 spiro atoms. The molecule has 16 heavy (non-hydrogen) atoms. The molecular weight excluding hydrogens is 204 g/mol. The average molecular weight is 222 g/mol. The van der Waals surface area contributed by atoms with E-state index >= 15 is 0 Å². The first-order valence-corrected chi connectivity index (χ1v) is 5.60. The number of pyridine rings is 1. The third kappa shape index (κ3) is 2.51. The molecule has 1 fully saturated rings. The molecule has 0 aliphatic heterocycles. The predicted molar refractivity (Wildman–Crippen MR) is 61.3 cm³/mol. The van der Waals surface area contributed by atoms with E-state index in [0.29, 0.717) is 18.7 Å². The molecule has 0 aromatic carbocycles. The number of ether oxygens (including phenoxy) is 1. The zero-order valence-corrected chi connectivity index (χ0v) is 9.73. The average Bonchev–Trinajstić information content (AvgIpc) is 2.21. The highest BCUT2D eigenvalue weighted by Gasteiger charge is 2.28. The summed E-state index contributed by atoms with van der Waals surface area (Å²) >= 11 is 0. The van der Waals surface area contributed by atoms with Crippen LogP contribution < -0.4 is 5.32 Å². The Balaban J connectivity index is 1.83. The Bertz CT molecular complexity index is 362. The van der Waals surface area contributed by atoms with Crippen LogP contribution in [-0.4, -0.2) is 29.3 Å². The quantitative estimate of drug-likeness (QED) is 0.807. The van der Waals surface area contributed by atoms with Crippen molar-refractivity contribution in [2.24, 2.45) is 0 Å². The number of nitrogens with zero attached hydrogens (tertiary/aromatic N) is 1. The molecule has 1 aromatic heterocycles. The van der Waals surface area contributed by atoms with E-state index in [2.05, 4.69) is 10.3 Å². The van der Waals surface area contributed by atoms with E-state index in [1.54, 1.807) is 13.2 Å². The number of aryl methyl sites for hydroxylation is 1. The summed E-state index contributed by atoms with van der Waals surface area (Å²) in [6.45, 7) is 2.54. The van der Waals surface area contributed by atoms with E-state index in [9.17, 15) is 5.11 Å². The zero-order valence-electron chi connectivity index (χ0n) is 9.73. The van der Waals surface area contributed by atoms with E-state index in [1.807, 2.05) is 13.0 Å². The fourth-order valence-corrected chi connectivity index (χ4v) is 1.90. The van der Waals surface area contributed by atoms with E-state index in [1.165, 1.54) is 0 Å². The van der Waals surface area contributed by atoms with E-state index in [4.69, 9.17) is 4.74 Å². The SMILES string of the molecule is COC1CC(NCc2nc(C)ccc2O)C1. The topological polar surface area (TPSA) is 54.4 Å². The second-order valence-corrected chi connectivity index (χ2v) is 4.33. The third-order valence-electron chi connectivity index (χ3n) is 3.08. The summed E-state index contributed by atoms with van der Waals surface area (Å²) in [7, 11) is 1.74. The molecule has 1 aromatic rings. The molecule has 0 amide bonds. The maximum Gasteiger partial charge on any atom is 0.138 e. The van der Waals surface area contributed by atoms with Crippen molar-refractivity contribution in [2.75, 3.05) is 7.11 Å². The first-order chi connectivity index (χ1) is 7.69. The summed E-state index contributed by atoms with van der Waals surface area (Å²) in [4.78, 5) is 4.30. The Morgan fingerprint density at radius 3 is 2.94 bits per heavy atom. The Hall–Kier alpha value is -1.13. The second kappa shape index (κ2) is 4.80. The van der Waals surface area contributed by atoms with Crippen molar-refractivity contribution in [3.05, 3.63) is 23.5 Å². The van der Waals surface area contributed by atoms with Crippen molar-refractivity contribution in [3.63, 3.8) is 0 Å². The van der Waals surface area contributed by atoms with Crippen molar-refractivity contribution in [1.82, 2.24) is 10.3 Å². The third-order valence-corrected chi connectivity index (χ3v) is 3.08. The maximum absolute atomic E-state index is 9.61. The van der Waals surface area contributed by atoms with Gasteiger partial charge in [-0.3, -0.25) is 4.98 Å². The van der Waals surface area contributed by atoms with Crippen LogP contribution in [-0.2, 0) is 11.3 Å². The number of hydrogen-bond donors (Lipinski definition) is 2. The van der Waals surface area contributed by atoms with Crippen LogP contribution >= 0.6 is 0 Å². The highest BCUT2D eigenvalue weighted by atomic mass is 16.5. The van der Waals surface area contributed by atoms with Gasteiger partial charge < -0.3 is 15.2 Å². The highest BCUT2D eigenvalue weighted by molar-refractivity contribution is 5.27. The maximum atomic E-state index is 9.61. The summed E-state index contributed by atoms with van der Waals surface area (Å²) < 4.78 is 5.21. The standard InChI is InChI=1S/C12H18N2O2/c1-8-3-4-12(15)11(14-8)7-13-9-5-10(6-9)16-2/h3-4,9-10,13,15H,5-7H2,1-2H3. The molecule has 2 rings (SSSR count). The van der Waals surface area contributed by atoms with E-state index in [0.717, 1.165) is 24.2 Å². The smallest absolute Gasteiger partial charge is 0.138 e. The van der Waals surface area contributed by atoms with Crippen LogP contribution in [0.2, 0.25) is 0 Å². The Morgan fingerprint density at radius 1 is 1.50 bits per heavy atom. The van der Waals surface area contributed by atoms with Gasteiger partial charge in [-0.2, -0.15) is 0 Å². The molecule has 2 N–H and O–H groups in total. The van der Waals surface area contributed by atoms with Gasteiger partial charge in [0.05, 0.1) is 11.8 Å². The van der Waals surface area contributed by atoms with Gasteiger partial charge in [0.1, 0.15) is 5.75 Å². The fourth-order valence-electron chi connectivity index (χ4n) is 1.90. The lowest BCUT2D eigenvalue weighted by molar-refractivity contribution is 0.0168. The van der Waals surface area contributed by atoms with E-state index < -0.39 is 0 Å². The summed E-state index contributed by atoms with van der Waals surface area (Å²) in [5.74, 6) is 0.265. The van der Waals surface area contributed by atoms with Gasteiger partial charge in [-0.1, -0.05) is 0 Å². The molecule has 1 heterocycles. The molecule has 0 radical (unpaired) electrons. The zero-order chi connectivity index (χ0) is 11.5. The van der Waals surface area contributed by atoms with Crippen LogP contribution in [0.1, 0.15) is 24.2 Å². The molecule has 4 heteroatoms. The van der Waals surface area contributed by atoms with Crippen LogP contribution in [0.4, 0.5) is 0 Å². The largest absolute Gasteiger partial charge is 0.506 e. The minimum atomic E-state index is 0.265. The number of hydrogen-bond acceptors (Lipinski definition) is 4. The number of methoxy groups -OCH3 is 1. The van der Waals surface area contributed by atoms with Crippen LogP contribution in [0.5, 0.6) is 5.75 Å². The Labute approximate surface area is 95.7 Å². The molecule has 0 saturated heterocycles. The second-order valence-electron chi connectivity index (χ2n) is 4.33. The van der Waals surface area contributed by atoms with Gasteiger partial charge in [0.2, 0.25) is 0 Å². The van der Waals surface area contributed by atoms with Crippen molar-refractivity contribution in [1.29, 1.82) is 0 Å². The lowest BCUT2D eigenvalue weighted by atomic mass is 9.89. The van der Waals surface area contributed by atoms with Crippen LogP contribution in [0.3, 0.4) is 0 Å². The number of rotatable bonds is 4. The minimum Gasteiger partial charge on any atom is -0.506 e. The van der Waals surface area contributed by atoms with Crippen LogP contribution in [0.25, 0.3) is 0 Å². The Kier molecular flexibility index (Phi) is 3.41. The lowest BCUT2D eigenvalue weighted by Crippen LogP contribution is -2.44. The van der Waals surface area contributed by atoms with Crippen molar-refractivity contribution in [3.8, 4) is 5.75 Å². The van der Waals surface area contributed by atoms with Crippen LogP contribution in [0, 0.1) is 6.92 Å². The van der Waals surface area contributed by atoms with Crippen molar-refractivity contribution in [2.45, 2.75) is 38.5 Å². The summed E-state index contributed by atoms with van der Waals surface area (Å²) in [6, 6.07) is 3.99. The molecule has 4 nitrogen and oxygen atoms in total. The molecule has 1 saturated carbocycles. The summed E-state index contributed by atoms with van der Waals surface area (Å²) in [6.07, 6.45) is 2.49. The van der Waals surface area contributed by atoms with Gasteiger partial charge in [-0.15, -0.1) is 0 Å². The van der Waals surface area contributed by atoms with Gasteiger partial charge in [0.25, 0.3) is 0 Å². The Morgan fingerprint density at radius 2 is 2.25 bits per heavy atom. The summed E-state index contributed by atoms with van der Waals surface area (Å²) in [5.41, 5.74) is 1.65. The molecule has 1 aliphatic carbocycles. The monoisotopic (exact) mass is 222 g/mol. The molecular formula is C12H18N2O2.